The summed E-state index contributed by atoms with van der Waals surface area (Å²) in [5.41, 5.74) is 7.00. The summed E-state index contributed by atoms with van der Waals surface area (Å²) in [5.74, 6) is 0.489. The second-order valence-corrected chi connectivity index (χ2v) is 9.70. The number of carbonyl (C=O) groups excluding carboxylic acids is 1. The summed E-state index contributed by atoms with van der Waals surface area (Å²) < 4.78 is 26.6. The Balaban J connectivity index is 0.00000392. The van der Waals surface area contributed by atoms with Gasteiger partial charge in [-0.15, -0.1) is 12.4 Å². The highest BCUT2D eigenvalue weighted by Crippen LogP contribution is 2.21. The van der Waals surface area contributed by atoms with Crippen LogP contribution in [0.4, 0.5) is 0 Å². The molecule has 0 radical (unpaired) electrons. The lowest BCUT2D eigenvalue weighted by atomic mass is 10.0. The van der Waals surface area contributed by atoms with E-state index in [0.29, 0.717) is 43.3 Å². The van der Waals surface area contributed by atoms with Gasteiger partial charge in [0.1, 0.15) is 0 Å². The molecule has 28 heavy (non-hydrogen) atoms. The van der Waals surface area contributed by atoms with E-state index in [1.807, 2.05) is 12.1 Å². The third-order valence-corrected chi connectivity index (χ3v) is 7.25. The standard InChI is InChI=1S/C20H33N3O3S.ClH/c1-16(2)19(21)12-15-22(3)20(24)11-8-17-6-9-18(10-7-17)27(25,26)23-13-4-5-14-23;/h6-7,9-10,16,19H,4-5,8,11-15,21H2,1-3H3;1H. The number of hydrogen-bond acceptors (Lipinski definition) is 4. The molecule has 2 rings (SSSR count). The van der Waals surface area contributed by atoms with Crippen LogP contribution in [0.3, 0.4) is 0 Å². The Morgan fingerprint density at radius 2 is 1.75 bits per heavy atom. The third-order valence-electron chi connectivity index (χ3n) is 5.33. The summed E-state index contributed by atoms with van der Waals surface area (Å²) in [6.07, 6.45) is 3.65. The van der Waals surface area contributed by atoms with Gasteiger partial charge < -0.3 is 10.6 Å². The van der Waals surface area contributed by atoms with Crippen LogP contribution in [0.1, 0.15) is 45.1 Å². The number of aryl methyl sites for hydroxylation is 1. The number of nitrogens with zero attached hydrogens (tertiary/aromatic N) is 2. The Morgan fingerprint density at radius 1 is 1.18 bits per heavy atom. The zero-order valence-electron chi connectivity index (χ0n) is 17.1. The lowest BCUT2D eigenvalue weighted by Crippen LogP contribution is -2.34. The van der Waals surface area contributed by atoms with E-state index in [4.69, 9.17) is 5.73 Å². The first kappa shape index (κ1) is 24.9. The van der Waals surface area contributed by atoms with Crippen molar-refractivity contribution in [1.82, 2.24) is 9.21 Å². The van der Waals surface area contributed by atoms with Gasteiger partial charge in [0.2, 0.25) is 15.9 Å². The quantitative estimate of drug-likeness (QED) is 0.651. The molecule has 2 N–H and O–H groups in total. The Morgan fingerprint density at radius 3 is 2.29 bits per heavy atom. The molecule has 0 saturated carbocycles. The second kappa shape index (κ2) is 11.1. The lowest BCUT2D eigenvalue weighted by Gasteiger charge is -2.21. The van der Waals surface area contributed by atoms with Crippen molar-refractivity contribution in [2.24, 2.45) is 11.7 Å². The maximum atomic E-state index is 12.5. The minimum atomic E-state index is -3.38. The van der Waals surface area contributed by atoms with E-state index in [1.165, 1.54) is 0 Å². The van der Waals surface area contributed by atoms with Gasteiger partial charge in [-0.3, -0.25) is 4.79 Å². The molecule has 1 aromatic rings. The van der Waals surface area contributed by atoms with Gasteiger partial charge in [-0.05, 0) is 49.3 Å². The zero-order valence-corrected chi connectivity index (χ0v) is 18.8. The normalized spacial score (nSPS) is 16.0. The van der Waals surface area contributed by atoms with E-state index < -0.39 is 10.0 Å². The van der Waals surface area contributed by atoms with Crippen LogP contribution in [-0.4, -0.2) is 56.3 Å². The number of nitrogens with two attached hydrogens (primary N) is 1. The van der Waals surface area contributed by atoms with Crippen LogP contribution in [0.2, 0.25) is 0 Å². The predicted molar refractivity (Wildman–Crippen MR) is 115 cm³/mol. The molecule has 0 bridgehead atoms. The van der Waals surface area contributed by atoms with E-state index in [1.54, 1.807) is 28.4 Å². The molecule has 6 nitrogen and oxygen atoms in total. The minimum Gasteiger partial charge on any atom is -0.346 e. The van der Waals surface area contributed by atoms with Crippen molar-refractivity contribution >= 4 is 28.3 Å². The highest BCUT2D eigenvalue weighted by Gasteiger charge is 2.26. The van der Waals surface area contributed by atoms with Crippen LogP contribution in [-0.2, 0) is 21.2 Å². The molecule has 1 atom stereocenters. The van der Waals surface area contributed by atoms with E-state index in [0.717, 1.165) is 24.8 Å². The van der Waals surface area contributed by atoms with Crippen molar-refractivity contribution in [2.45, 2.75) is 56.9 Å². The molecule has 1 amide bonds. The molecule has 160 valence electrons. The van der Waals surface area contributed by atoms with Gasteiger partial charge in [0.05, 0.1) is 4.90 Å². The van der Waals surface area contributed by atoms with Gasteiger partial charge >= 0.3 is 0 Å². The fourth-order valence-corrected chi connectivity index (χ4v) is 4.67. The highest BCUT2D eigenvalue weighted by atomic mass is 35.5. The summed E-state index contributed by atoms with van der Waals surface area (Å²) in [4.78, 5) is 14.3. The van der Waals surface area contributed by atoms with Crippen LogP contribution in [0, 0.1) is 5.92 Å². The predicted octanol–water partition coefficient (Wildman–Crippen LogP) is 2.66. The van der Waals surface area contributed by atoms with Gasteiger partial charge in [-0.1, -0.05) is 26.0 Å². The summed E-state index contributed by atoms with van der Waals surface area (Å²) in [7, 11) is -1.57. The maximum absolute atomic E-state index is 12.5. The van der Waals surface area contributed by atoms with Gasteiger partial charge in [0, 0.05) is 39.1 Å². The molecular weight excluding hydrogens is 398 g/mol. The van der Waals surface area contributed by atoms with E-state index in [9.17, 15) is 13.2 Å². The summed E-state index contributed by atoms with van der Waals surface area (Å²) in [6.45, 7) is 6.03. The molecule has 8 heteroatoms. The molecule has 1 aliphatic heterocycles. The Bertz CT molecular complexity index is 717. The molecule has 1 heterocycles. The van der Waals surface area contributed by atoms with Crippen molar-refractivity contribution in [1.29, 1.82) is 0 Å². The molecule has 1 saturated heterocycles. The van der Waals surface area contributed by atoms with E-state index in [-0.39, 0.29) is 24.4 Å². The molecular formula is C20H34ClN3O3S. The van der Waals surface area contributed by atoms with Crippen molar-refractivity contribution in [2.75, 3.05) is 26.7 Å². The fourth-order valence-electron chi connectivity index (χ4n) is 3.15. The molecule has 1 aromatic carbocycles. The number of halogens is 1. The largest absolute Gasteiger partial charge is 0.346 e. The number of sulfonamides is 1. The van der Waals surface area contributed by atoms with Gasteiger partial charge in [-0.2, -0.15) is 4.31 Å². The first-order valence-corrected chi connectivity index (χ1v) is 11.2. The second-order valence-electron chi connectivity index (χ2n) is 7.77. The summed E-state index contributed by atoms with van der Waals surface area (Å²) >= 11 is 0. The monoisotopic (exact) mass is 431 g/mol. The molecule has 0 aromatic heterocycles. The first-order valence-electron chi connectivity index (χ1n) is 9.80. The van der Waals surface area contributed by atoms with Crippen LogP contribution >= 0.6 is 12.4 Å². The molecule has 1 fully saturated rings. The topological polar surface area (TPSA) is 83.7 Å². The van der Waals surface area contributed by atoms with Gasteiger partial charge in [0.25, 0.3) is 0 Å². The SMILES string of the molecule is CC(C)C(N)CCN(C)C(=O)CCc1ccc(S(=O)(=O)N2CCCC2)cc1.Cl. The number of carbonyl (C=O) groups is 1. The van der Waals surface area contributed by atoms with Gasteiger partial charge in [0.15, 0.2) is 0 Å². The van der Waals surface area contributed by atoms with Crippen molar-refractivity contribution in [3.63, 3.8) is 0 Å². The third kappa shape index (κ3) is 6.72. The molecule has 0 spiro atoms. The number of amides is 1. The van der Waals surface area contributed by atoms with Crippen molar-refractivity contribution in [3.05, 3.63) is 29.8 Å². The number of hydrogen-bond donors (Lipinski definition) is 1. The average molecular weight is 432 g/mol. The van der Waals surface area contributed by atoms with Crippen molar-refractivity contribution < 1.29 is 13.2 Å². The van der Waals surface area contributed by atoms with Gasteiger partial charge in [-0.25, -0.2) is 8.42 Å². The lowest BCUT2D eigenvalue weighted by molar-refractivity contribution is -0.129. The Labute approximate surface area is 175 Å². The number of benzene rings is 1. The maximum Gasteiger partial charge on any atom is 0.243 e. The zero-order chi connectivity index (χ0) is 20.0. The summed E-state index contributed by atoms with van der Waals surface area (Å²) in [5, 5.41) is 0. The molecule has 1 aliphatic rings. The fraction of sp³-hybridized carbons (Fsp3) is 0.650. The summed E-state index contributed by atoms with van der Waals surface area (Å²) in [6, 6.07) is 7.03. The van der Waals surface area contributed by atoms with Crippen LogP contribution in [0.25, 0.3) is 0 Å². The number of rotatable bonds is 9. The Kier molecular flexibility index (Phi) is 9.90. The van der Waals surface area contributed by atoms with Crippen LogP contribution in [0.5, 0.6) is 0 Å². The Hall–Kier alpha value is -1.15. The first-order chi connectivity index (χ1) is 12.7. The van der Waals surface area contributed by atoms with Crippen LogP contribution < -0.4 is 5.73 Å². The molecule has 1 unspecified atom stereocenters. The highest BCUT2D eigenvalue weighted by molar-refractivity contribution is 7.89. The van der Waals surface area contributed by atoms with Crippen molar-refractivity contribution in [3.8, 4) is 0 Å². The smallest absolute Gasteiger partial charge is 0.243 e. The van der Waals surface area contributed by atoms with Crippen LogP contribution in [0.15, 0.2) is 29.2 Å². The van der Waals surface area contributed by atoms with E-state index in [2.05, 4.69) is 13.8 Å². The van der Waals surface area contributed by atoms with E-state index >= 15 is 0 Å². The molecule has 0 aliphatic carbocycles. The minimum absolute atomic E-state index is 0. The average Bonchev–Trinajstić information content (AvgIpc) is 3.19.